The van der Waals surface area contributed by atoms with Gasteiger partial charge in [0.15, 0.2) is 17.2 Å². The van der Waals surface area contributed by atoms with Crippen LogP contribution in [0.15, 0.2) is 12.1 Å². The lowest BCUT2D eigenvalue weighted by atomic mass is 9.94. The van der Waals surface area contributed by atoms with Crippen LogP contribution in [0, 0.1) is 5.92 Å². The van der Waals surface area contributed by atoms with Crippen LogP contribution in [0.1, 0.15) is 127 Å². The van der Waals surface area contributed by atoms with Gasteiger partial charge in [0.25, 0.3) is 0 Å². The first kappa shape index (κ1) is 28.1. The number of unbranched alkanes of at least 4 members (excludes halogenated alkanes) is 12. The SMILES string of the molecule is CCCCCCCCCCC(CCCCCCCC)COC(=O)c1cc(O)c(O)c(O)c1. The highest BCUT2D eigenvalue weighted by Crippen LogP contribution is 2.35. The van der Waals surface area contributed by atoms with Crippen LogP contribution in [0.3, 0.4) is 0 Å². The number of esters is 1. The van der Waals surface area contributed by atoms with Crippen molar-refractivity contribution in [2.75, 3.05) is 6.61 Å². The van der Waals surface area contributed by atoms with E-state index in [0.29, 0.717) is 12.5 Å². The monoisotopic (exact) mass is 450 g/mol. The van der Waals surface area contributed by atoms with Gasteiger partial charge in [0.1, 0.15) is 0 Å². The first-order valence-corrected chi connectivity index (χ1v) is 12.9. The highest BCUT2D eigenvalue weighted by molar-refractivity contribution is 5.91. The van der Waals surface area contributed by atoms with E-state index in [0.717, 1.165) is 37.8 Å². The third-order valence-corrected chi connectivity index (χ3v) is 6.19. The second kappa shape index (κ2) is 17.6. The van der Waals surface area contributed by atoms with E-state index in [4.69, 9.17) is 4.74 Å². The molecule has 1 unspecified atom stereocenters. The molecule has 5 nitrogen and oxygen atoms in total. The van der Waals surface area contributed by atoms with Gasteiger partial charge in [-0.15, -0.1) is 0 Å². The Hall–Kier alpha value is -1.91. The number of ether oxygens (including phenoxy) is 1. The maximum absolute atomic E-state index is 12.4. The summed E-state index contributed by atoms with van der Waals surface area (Å²) in [5.41, 5.74) is 0.0446. The summed E-state index contributed by atoms with van der Waals surface area (Å²) in [4.78, 5) is 12.4. The third-order valence-electron chi connectivity index (χ3n) is 6.19. The molecule has 0 aromatic heterocycles. The van der Waals surface area contributed by atoms with Crippen molar-refractivity contribution in [2.24, 2.45) is 5.92 Å². The molecule has 5 heteroatoms. The van der Waals surface area contributed by atoms with Gasteiger partial charge in [-0.25, -0.2) is 4.79 Å². The third kappa shape index (κ3) is 12.2. The standard InChI is InChI=1S/C27H46O5/c1-3-5-7-9-11-12-14-16-18-22(17-15-13-10-8-6-4-2)21-32-27(31)23-19-24(28)26(30)25(29)20-23/h19-20,22,28-30H,3-18,21H2,1-2H3. The van der Waals surface area contributed by atoms with E-state index >= 15 is 0 Å². The van der Waals surface area contributed by atoms with Gasteiger partial charge < -0.3 is 20.1 Å². The summed E-state index contributed by atoms with van der Waals surface area (Å²) in [6.07, 6.45) is 19.9. The van der Waals surface area contributed by atoms with E-state index in [9.17, 15) is 20.1 Å². The average molecular weight is 451 g/mol. The Morgan fingerprint density at radius 3 is 1.56 bits per heavy atom. The number of carbonyl (C=O) groups is 1. The van der Waals surface area contributed by atoms with Crippen molar-refractivity contribution in [2.45, 2.75) is 117 Å². The molecule has 0 saturated heterocycles. The summed E-state index contributed by atoms with van der Waals surface area (Å²) >= 11 is 0. The Morgan fingerprint density at radius 1 is 0.719 bits per heavy atom. The Balaban J connectivity index is 2.44. The van der Waals surface area contributed by atoms with Crippen molar-refractivity contribution in [3.63, 3.8) is 0 Å². The fraction of sp³-hybridized carbons (Fsp3) is 0.741. The van der Waals surface area contributed by atoms with Gasteiger partial charge >= 0.3 is 5.97 Å². The number of rotatable bonds is 19. The Bertz CT molecular complexity index is 605. The number of benzene rings is 1. The van der Waals surface area contributed by atoms with Gasteiger partial charge in [-0.1, -0.05) is 104 Å². The number of aromatic hydroxyl groups is 3. The minimum Gasteiger partial charge on any atom is -0.504 e. The zero-order valence-corrected chi connectivity index (χ0v) is 20.4. The molecule has 0 aliphatic heterocycles. The molecule has 0 heterocycles. The number of hydrogen-bond donors (Lipinski definition) is 3. The molecule has 32 heavy (non-hydrogen) atoms. The van der Waals surface area contributed by atoms with Crippen LogP contribution in [0.25, 0.3) is 0 Å². The molecule has 1 atom stereocenters. The maximum Gasteiger partial charge on any atom is 0.338 e. The zero-order valence-electron chi connectivity index (χ0n) is 20.4. The lowest BCUT2D eigenvalue weighted by Gasteiger charge is -2.17. The van der Waals surface area contributed by atoms with Crippen molar-refractivity contribution in [1.29, 1.82) is 0 Å². The molecule has 0 fully saturated rings. The summed E-state index contributed by atoms with van der Waals surface area (Å²) in [7, 11) is 0. The topological polar surface area (TPSA) is 87.0 Å². The summed E-state index contributed by atoms with van der Waals surface area (Å²) in [6, 6.07) is 2.25. The average Bonchev–Trinajstić information content (AvgIpc) is 2.78. The van der Waals surface area contributed by atoms with E-state index < -0.39 is 23.2 Å². The number of hydrogen-bond acceptors (Lipinski definition) is 5. The van der Waals surface area contributed by atoms with Crippen molar-refractivity contribution in [3.05, 3.63) is 17.7 Å². The first-order valence-electron chi connectivity index (χ1n) is 12.9. The molecule has 0 aliphatic carbocycles. The Labute approximate surface area is 195 Å². The lowest BCUT2D eigenvalue weighted by molar-refractivity contribution is 0.0421. The predicted octanol–water partition coefficient (Wildman–Crippen LogP) is 7.86. The second-order valence-corrected chi connectivity index (χ2v) is 9.15. The molecular formula is C27H46O5. The largest absolute Gasteiger partial charge is 0.504 e. The molecular weight excluding hydrogens is 404 g/mol. The van der Waals surface area contributed by atoms with Crippen LogP contribution in [0.5, 0.6) is 17.2 Å². The number of phenolic OH excluding ortho intramolecular Hbond substituents is 3. The molecule has 184 valence electrons. The zero-order chi connectivity index (χ0) is 23.6. The fourth-order valence-corrected chi connectivity index (χ4v) is 4.09. The molecule has 0 radical (unpaired) electrons. The maximum atomic E-state index is 12.4. The van der Waals surface area contributed by atoms with Gasteiger partial charge in [0.05, 0.1) is 12.2 Å². The van der Waals surface area contributed by atoms with E-state index in [1.54, 1.807) is 0 Å². The molecule has 1 aromatic rings. The predicted molar refractivity (Wildman–Crippen MR) is 130 cm³/mol. The van der Waals surface area contributed by atoms with Crippen molar-refractivity contribution in [3.8, 4) is 17.2 Å². The normalized spacial score (nSPS) is 12.1. The molecule has 0 amide bonds. The van der Waals surface area contributed by atoms with Crippen molar-refractivity contribution >= 4 is 5.97 Å². The molecule has 0 saturated carbocycles. The van der Waals surface area contributed by atoms with E-state index in [-0.39, 0.29) is 5.56 Å². The van der Waals surface area contributed by atoms with E-state index in [2.05, 4.69) is 13.8 Å². The molecule has 0 spiro atoms. The summed E-state index contributed by atoms with van der Waals surface area (Å²) in [5.74, 6) is -1.93. The quantitative estimate of drug-likeness (QED) is 0.113. The van der Waals surface area contributed by atoms with Gasteiger partial charge in [0.2, 0.25) is 0 Å². The van der Waals surface area contributed by atoms with E-state index in [1.165, 1.54) is 77.0 Å². The first-order chi connectivity index (χ1) is 15.5. The van der Waals surface area contributed by atoms with Crippen LogP contribution < -0.4 is 0 Å². The minimum atomic E-state index is -0.628. The highest BCUT2D eigenvalue weighted by Gasteiger charge is 2.17. The van der Waals surface area contributed by atoms with E-state index in [1.807, 2.05) is 0 Å². The molecule has 0 aliphatic rings. The molecule has 1 rings (SSSR count). The van der Waals surface area contributed by atoms with Crippen molar-refractivity contribution in [1.82, 2.24) is 0 Å². The summed E-state index contributed by atoms with van der Waals surface area (Å²) in [6.45, 7) is 4.82. The van der Waals surface area contributed by atoms with Gasteiger partial charge in [0, 0.05) is 0 Å². The van der Waals surface area contributed by atoms with Gasteiger partial charge in [-0.05, 0) is 30.9 Å². The molecule has 0 bridgehead atoms. The van der Waals surface area contributed by atoms with Crippen LogP contribution in [0.2, 0.25) is 0 Å². The Kier molecular flexibility index (Phi) is 15.5. The van der Waals surface area contributed by atoms with Crippen LogP contribution >= 0.6 is 0 Å². The summed E-state index contributed by atoms with van der Waals surface area (Å²) in [5, 5.41) is 28.7. The van der Waals surface area contributed by atoms with Gasteiger partial charge in [-0.2, -0.15) is 0 Å². The Morgan fingerprint density at radius 2 is 1.12 bits per heavy atom. The molecule has 1 aromatic carbocycles. The minimum absolute atomic E-state index is 0.0446. The second-order valence-electron chi connectivity index (χ2n) is 9.15. The van der Waals surface area contributed by atoms with Gasteiger partial charge in [-0.3, -0.25) is 0 Å². The summed E-state index contributed by atoms with van der Waals surface area (Å²) < 4.78 is 5.52. The van der Waals surface area contributed by atoms with Crippen LogP contribution in [0.4, 0.5) is 0 Å². The number of phenols is 3. The lowest BCUT2D eigenvalue weighted by Crippen LogP contribution is -2.15. The fourth-order valence-electron chi connectivity index (χ4n) is 4.09. The molecule has 3 N–H and O–H groups in total. The highest BCUT2D eigenvalue weighted by atomic mass is 16.5. The van der Waals surface area contributed by atoms with Crippen LogP contribution in [-0.4, -0.2) is 27.9 Å². The van der Waals surface area contributed by atoms with Crippen LogP contribution in [-0.2, 0) is 4.74 Å². The van der Waals surface area contributed by atoms with Crippen molar-refractivity contribution < 1.29 is 24.9 Å². The number of carbonyl (C=O) groups excluding carboxylic acids is 1. The smallest absolute Gasteiger partial charge is 0.338 e.